The van der Waals surface area contributed by atoms with E-state index in [4.69, 9.17) is 12.2 Å². The van der Waals surface area contributed by atoms with Crippen molar-refractivity contribution in [1.82, 2.24) is 23.8 Å². The number of hydrogen-bond donors (Lipinski definition) is 0. The third-order valence-electron chi connectivity index (χ3n) is 6.47. The van der Waals surface area contributed by atoms with E-state index in [2.05, 4.69) is 53.7 Å². The number of hydrogen-bond acceptors (Lipinski definition) is 5. The van der Waals surface area contributed by atoms with Crippen molar-refractivity contribution in [2.75, 3.05) is 18.6 Å². The molecule has 4 rings (SSSR count). The Kier molecular flexibility index (Phi) is 6.17. The fraction of sp³-hybridized carbons (Fsp3) is 0.478. The molecule has 1 saturated heterocycles. The first kappa shape index (κ1) is 22.9. The van der Waals surface area contributed by atoms with Gasteiger partial charge in [-0.05, 0) is 76.6 Å². The molecule has 3 heterocycles. The molecular weight excluding hydrogens is 442 g/mol. The quantitative estimate of drug-likeness (QED) is 0.508. The van der Waals surface area contributed by atoms with Crippen molar-refractivity contribution >= 4 is 22.1 Å². The standard InChI is InChI=1S/C23H31N5O2S2/c1-16-6-7-20(12-17(16)2)27-10-9-26(23(27)31)15-25(5)13-22-18(3)24-28(19(22)4)21-8-11-32(29,30)14-21/h6-7,9-10,12,21H,8,11,13-15H2,1-5H3/t21-/m0/s1. The van der Waals surface area contributed by atoms with Gasteiger partial charge in [0.2, 0.25) is 0 Å². The van der Waals surface area contributed by atoms with Crippen LogP contribution in [0, 0.1) is 32.5 Å². The van der Waals surface area contributed by atoms with Crippen LogP contribution in [0.3, 0.4) is 0 Å². The molecule has 0 N–H and O–H groups in total. The Morgan fingerprint density at radius 2 is 1.91 bits per heavy atom. The molecule has 1 aliphatic rings. The summed E-state index contributed by atoms with van der Waals surface area (Å²) in [7, 11) is -0.886. The fourth-order valence-corrected chi connectivity index (χ4v) is 6.40. The summed E-state index contributed by atoms with van der Waals surface area (Å²) in [5.74, 6) is 0.437. The van der Waals surface area contributed by atoms with Crippen molar-refractivity contribution in [3.8, 4) is 5.69 Å². The molecule has 1 aromatic carbocycles. The Labute approximate surface area is 195 Å². The van der Waals surface area contributed by atoms with Gasteiger partial charge in [0.1, 0.15) is 0 Å². The van der Waals surface area contributed by atoms with Crippen molar-refractivity contribution < 1.29 is 8.42 Å². The van der Waals surface area contributed by atoms with Gasteiger partial charge in [-0.3, -0.25) is 14.1 Å². The Bertz CT molecular complexity index is 1320. The van der Waals surface area contributed by atoms with Crippen LogP contribution in [-0.4, -0.2) is 50.8 Å². The summed E-state index contributed by atoms with van der Waals surface area (Å²) in [5.41, 5.74) is 6.73. The van der Waals surface area contributed by atoms with Crippen LogP contribution in [-0.2, 0) is 23.1 Å². The average Bonchev–Trinajstić information content (AvgIpc) is 3.35. The Hall–Kier alpha value is -2.23. The summed E-state index contributed by atoms with van der Waals surface area (Å²) < 4.78 is 30.6. The maximum Gasteiger partial charge on any atom is 0.185 e. The van der Waals surface area contributed by atoms with E-state index in [-0.39, 0.29) is 17.5 Å². The summed E-state index contributed by atoms with van der Waals surface area (Å²) in [6.45, 7) is 9.62. The SMILES string of the molecule is Cc1ccc(-n2ccn(CN(C)Cc3c(C)nn([C@H]4CCS(=O)(=O)C4)c3C)c2=S)cc1C. The van der Waals surface area contributed by atoms with Crippen molar-refractivity contribution in [3.63, 3.8) is 0 Å². The molecule has 0 aliphatic carbocycles. The molecular formula is C23H31N5O2S2. The number of sulfone groups is 1. The number of aryl methyl sites for hydroxylation is 3. The topological polar surface area (TPSA) is 65.1 Å². The minimum Gasteiger partial charge on any atom is -0.310 e. The van der Waals surface area contributed by atoms with Gasteiger partial charge in [-0.1, -0.05) is 6.07 Å². The largest absolute Gasteiger partial charge is 0.310 e. The number of rotatable bonds is 6. The molecule has 0 radical (unpaired) electrons. The maximum absolute atomic E-state index is 11.9. The smallest absolute Gasteiger partial charge is 0.185 e. The fourth-order valence-electron chi connectivity index (χ4n) is 4.42. The van der Waals surface area contributed by atoms with Crippen molar-refractivity contribution in [2.45, 2.75) is 53.4 Å². The van der Waals surface area contributed by atoms with Gasteiger partial charge in [0.25, 0.3) is 0 Å². The zero-order valence-corrected chi connectivity index (χ0v) is 21.0. The van der Waals surface area contributed by atoms with Crippen LogP contribution in [0.2, 0.25) is 0 Å². The highest BCUT2D eigenvalue weighted by molar-refractivity contribution is 7.91. The normalized spacial score (nSPS) is 18.0. The Balaban J connectivity index is 1.50. The van der Waals surface area contributed by atoms with Gasteiger partial charge in [-0.25, -0.2) is 8.42 Å². The van der Waals surface area contributed by atoms with Crippen LogP contribution in [0.15, 0.2) is 30.6 Å². The molecule has 0 bridgehead atoms. The first-order valence-corrected chi connectivity index (χ1v) is 13.1. The molecule has 1 atom stereocenters. The number of nitrogens with zero attached hydrogens (tertiary/aromatic N) is 5. The lowest BCUT2D eigenvalue weighted by molar-refractivity contribution is 0.257. The van der Waals surface area contributed by atoms with Gasteiger partial charge < -0.3 is 4.57 Å². The zero-order chi connectivity index (χ0) is 23.2. The third kappa shape index (κ3) is 4.46. The van der Waals surface area contributed by atoms with Gasteiger partial charge in [-0.2, -0.15) is 5.10 Å². The molecule has 32 heavy (non-hydrogen) atoms. The van der Waals surface area contributed by atoms with Gasteiger partial charge in [0, 0.05) is 35.9 Å². The van der Waals surface area contributed by atoms with E-state index in [1.54, 1.807) is 0 Å². The molecule has 3 aromatic rings. The van der Waals surface area contributed by atoms with E-state index >= 15 is 0 Å². The van der Waals surface area contributed by atoms with Crippen LogP contribution < -0.4 is 0 Å². The van der Waals surface area contributed by atoms with Crippen LogP contribution in [0.4, 0.5) is 0 Å². The lowest BCUT2D eigenvalue weighted by Crippen LogP contribution is -2.22. The Morgan fingerprint density at radius 1 is 1.16 bits per heavy atom. The maximum atomic E-state index is 11.9. The molecule has 172 valence electrons. The Morgan fingerprint density at radius 3 is 2.56 bits per heavy atom. The van der Waals surface area contributed by atoms with Crippen LogP contribution in [0.25, 0.3) is 5.69 Å². The van der Waals surface area contributed by atoms with Crippen LogP contribution >= 0.6 is 12.2 Å². The summed E-state index contributed by atoms with van der Waals surface area (Å²) in [5, 5.41) is 4.69. The highest BCUT2D eigenvalue weighted by Gasteiger charge is 2.31. The third-order valence-corrected chi connectivity index (χ3v) is 8.65. The predicted octanol–water partition coefficient (Wildman–Crippen LogP) is 3.89. The minimum atomic E-state index is -2.95. The molecule has 0 unspecified atom stereocenters. The second-order valence-corrected chi connectivity index (χ2v) is 11.6. The van der Waals surface area contributed by atoms with Crippen LogP contribution in [0.5, 0.6) is 0 Å². The molecule has 7 nitrogen and oxygen atoms in total. The molecule has 1 aliphatic heterocycles. The van der Waals surface area contributed by atoms with E-state index in [9.17, 15) is 8.42 Å². The van der Waals surface area contributed by atoms with E-state index in [0.717, 1.165) is 27.4 Å². The van der Waals surface area contributed by atoms with Crippen molar-refractivity contribution in [3.05, 3.63) is 63.4 Å². The molecule has 2 aromatic heterocycles. The molecule has 0 amide bonds. The summed E-state index contributed by atoms with van der Waals surface area (Å²) in [4.78, 5) is 2.20. The summed E-state index contributed by atoms with van der Waals surface area (Å²) >= 11 is 5.74. The minimum absolute atomic E-state index is 0.0571. The van der Waals surface area contributed by atoms with E-state index in [1.165, 1.54) is 11.1 Å². The van der Waals surface area contributed by atoms with Gasteiger partial charge in [0.15, 0.2) is 14.6 Å². The van der Waals surface area contributed by atoms with E-state index in [1.807, 2.05) is 35.5 Å². The van der Waals surface area contributed by atoms with E-state index < -0.39 is 9.84 Å². The predicted molar refractivity (Wildman–Crippen MR) is 130 cm³/mol. The highest BCUT2D eigenvalue weighted by atomic mass is 32.2. The van der Waals surface area contributed by atoms with Gasteiger partial charge in [0.05, 0.1) is 29.9 Å². The first-order chi connectivity index (χ1) is 15.1. The molecule has 0 spiro atoms. The number of benzene rings is 1. The first-order valence-electron chi connectivity index (χ1n) is 10.8. The molecule has 0 saturated carbocycles. The summed E-state index contributed by atoms with van der Waals surface area (Å²) in [6.07, 6.45) is 4.66. The number of aromatic nitrogens is 4. The van der Waals surface area contributed by atoms with Gasteiger partial charge in [-0.15, -0.1) is 0 Å². The van der Waals surface area contributed by atoms with Crippen LogP contribution in [0.1, 0.15) is 40.5 Å². The van der Waals surface area contributed by atoms with Gasteiger partial charge >= 0.3 is 0 Å². The van der Waals surface area contributed by atoms with Crippen molar-refractivity contribution in [2.24, 2.45) is 0 Å². The second-order valence-electron chi connectivity index (χ2n) is 9.00. The van der Waals surface area contributed by atoms with Crippen molar-refractivity contribution in [1.29, 1.82) is 0 Å². The number of imidazole rings is 1. The molecule has 1 fully saturated rings. The second kappa shape index (κ2) is 8.61. The average molecular weight is 474 g/mol. The molecule has 9 heteroatoms. The van der Waals surface area contributed by atoms with E-state index in [0.29, 0.717) is 19.6 Å². The monoisotopic (exact) mass is 473 g/mol. The zero-order valence-electron chi connectivity index (χ0n) is 19.4. The lowest BCUT2D eigenvalue weighted by Gasteiger charge is -2.18. The summed E-state index contributed by atoms with van der Waals surface area (Å²) in [6, 6.07) is 6.31. The lowest BCUT2D eigenvalue weighted by atomic mass is 10.1. The highest BCUT2D eigenvalue weighted by Crippen LogP contribution is 2.27.